The summed E-state index contributed by atoms with van der Waals surface area (Å²) in [5.41, 5.74) is 14.3. The molecule has 2 atom stereocenters. The van der Waals surface area contributed by atoms with E-state index in [1.54, 1.807) is 48.5 Å². The SMILES string of the molecule is [N-]=[N+]=NCc1ccccc1[C@@H]1OC(c2ccc(OCCCO)cc2)=N[C@]1(Cc1ccccc1)C(=O)NNCc1ccccc1C(F)(F)F. The molecule has 0 aromatic heterocycles. The van der Waals surface area contributed by atoms with Gasteiger partial charge in [0.2, 0.25) is 5.90 Å². The first-order valence-electron chi connectivity index (χ1n) is 15.2. The van der Waals surface area contributed by atoms with E-state index in [0.717, 1.165) is 11.6 Å². The van der Waals surface area contributed by atoms with Crippen LogP contribution in [0.1, 0.15) is 45.9 Å². The summed E-state index contributed by atoms with van der Waals surface area (Å²) < 4.78 is 53.2. The Morgan fingerprint density at radius 2 is 1.67 bits per heavy atom. The van der Waals surface area contributed by atoms with Gasteiger partial charge < -0.3 is 14.6 Å². The summed E-state index contributed by atoms with van der Waals surface area (Å²) in [6, 6.07) is 28.3. The van der Waals surface area contributed by atoms with E-state index in [1.165, 1.54) is 18.2 Å². The van der Waals surface area contributed by atoms with Crippen molar-refractivity contribution in [3.8, 4) is 5.75 Å². The third kappa shape index (κ3) is 7.95. The Balaban J connectivity index is 1.55. The van der Waals surface area contributed by atoms with Crippen LogP contribution >= 0.6 is 0 Å². The Labute approximate surface area is 274 Å². The molecule has 1 aliphatic heterocycles. The maximum Gasteiger partial charge on any atom is 0.416 e. The van der Waals surface area contributed by atoms with Crippen LogP contribution in [0, 0.1) is 0 Å². The zero-order valence-electron chi connectivity index (χ0n) is 25.7. The van der Waals surface area contributed by atoms with Crippen LogP contribution in [0.15, 0.2) is 113 Å². The molecule has 4 aromatic carbocycles. The van der Waals surface area contributed by atoms with Crippen molar-refractivity contribution in [1.29, 1.82) is 0 Å². The average molecular weight is 659 g/mol. The molecule has 0 fully saturated rings. The van der Waals surface area contributed by atoms with Crippen LogP contribution < -0.4 is 15.6 Å². The van der Waals surface area contributed by atoms with Gasteiger partial charge in [0.25, 0.3) is 5.91 Å². The van der Waals surface area contributed by atoms with Crippen LogP contribution in [-0.2, 0) is 35.2 Å². The summed E-state index contributed by atoms with van der Waals surface area (Å²) in [6.07, 6.45) is -5.06. The standard InChI is InChI=1S/C35H33F3N6O4/c36-35(37,38)30-14-7-5-12-27(30)23-40-43-33(46)34(21-24-9-2-1-3-10-24)31(29-13-6-4-11-26(29)22-41-44-39)48-32(42-34)25-15-17-28(18-16-25)47-20-8-19-45/h1-7,9-18,31,40,45H,8,19-23H2,(H,43,46)/t31-,34-/m0/s1. The van der Waals surface area contributed by atoms with Gasteiger partial charge in [-0.2, -0.15) is 13.2 Å². The summed E-state index contributed by atoms with van der Waals surface area (Å²) in [6.45, 7) is 0.00602. The smallest absolute Gasteiger partial charge is 0.416 e. The van der Waals surface area contributed by atoms with Gasteiger partial charge in [0.15, 0.2) is 11.6 Å². The number of ether oxygens (including phenoxy) is 2. The monoisotopic (exact) mass is 658 g/mol. The van der Waals surface area contributed by atoms with Crippen molar-refractivity contribution < 1.29 is 32.5 Å². The predicted molar refractivity (Wildman–Crippen MR) is 173 cm³/mol. The van der Waals surface area contributed by atoms with E-state index in [9.17, 15) is 18.0 Å². The molecule has 0 bridgehead atoms. The topological polar surface area (TPSA) is 141 Å². The number of azide groups is 1. The number of hydrogen-bond donors (Lipinski definition) is 3. The van der Waals surface area contributed by atoms with Gasteiger partial charge in [-0.05, 0) is 58.1 Å². The van der Waals surface area contributed by atoms with Gasteiger partial charge in [-0.15, -0.1) is 0 Å². The van der Waals surface area contributed by atoms with Crippen molar-refractivity contribution in [2.45, 2.75) is 43.8 Å². The Morgan fingerprint density at radius 3 is 2.38 bits per heavy atom. The molecule has 4 aromatic rings. The molecular weight excluding hydrogens is 625 g/mol. The Hall–Kier alpha value is -5.36. The molecule has 1 aliphatic rings. The highest BCUT2D eigenvalue weighted by molar-refractivity contribution is 6.01. The minimum Gasteiger partial charge on any atom is -0.494 e. The summed E-state index contributed by atoms with van der Waals surface area (Å²) in [4.78, 5) is 22.3. The molecular formula is C35H33F3N6O4. The average Bonchev–Trinajstić information content (AvgIpc) is 3.48. The molecule has 13 heteroatoms. The van der Waals surface area contributed by atoms with Crippen LogP contribution in [0.25, 0.3) is 10.4 Å². The fourth-order valence-electron chi connectivity index (χ4n) is 5.49. The first-order chi connectivity index (χ1) is 23.2. The van der Waals surface area contributed by atoms with Gasteiger partial charge >= 0.3 is 6.18 Å². The first kappa shape index (κ1) is 34.0. The van der Waals surface area contributed by atoms with E-state index in [4.69, 9.17) is 25.1 Å². The molecule has 0 saturated carbocycles. The molecule has 0 radical (unpaired) electrons. The number of hydrazine groups is 1. The molecule has 0 spiro atoms. The number of nitrogens with one attached hydrogen (secondary N) is 2. The van der Waals surface area contributed by atoms with E-state index in [-0.39, 0.29) is 37.6 Å². The highest BCUT2D eigenvalue weighted by atomic mass is 19.4. The highest BCUT2D eigenvalue weighted by Crippen LogP contribution is 2.44. The molecule has 1 heterocycles. The van der Waals surface area contributed by atoms with E-state index in [0.29, 0.717) is 35.5 Å². The van der Waals surface area contributed by atoms with Gasteiger partial charge in [0.05, 0.1) is 18.7 Å². The molecule has 48 heavy (non-hydrogen) atoms. The lowest BCUT2D eigenvalue weighted by Crippen LogP contribution is -2.53. The van der Waals surface area contributed by atoms with Crippen LogP contribution in [0.5, 0.6) is 5.75 Å². The number of rotatable bonds is 14. The molecule has 248 valence electrons. The Bertz CT molecular complexity index is 1780. The molecule has 0 aliphatic carbocycles. The summed E-state index contributed by atoms with van der Waals surface area (Å²) in [5, 5.41) is 12.8. The molecule has 5 rings (SSSR count). The molecule has 0 saturated heterocycles. The zero-order chi connectivity index (χ0) is 34.0. The number of nitrogens with zero attached hydrogens (tertiary/aromatic N) is 4. The number of hydrogen-bond acceptors (Lipinski definition) is 7. The normalized spacial score (nSPS) is 17.2. The Morgan fingerprint density at radius 1 is 0.979 bits per heavy atom. The minimum absolute atomic E-state index is 0.000525. The van der Waals surface area contributed by atoms with Gasteiger partial charge in [0.1, 0.15) is 5.75 Å². The quantitative estimate of drug-likeness (QED) is 0.0461. The summed E-state index contributed by atoms with van der Waals surface area (Å²) >= 11 is 0. The second kappa shape index (κ2) is 15.5. The van der Waals surface area contributed by atoms with Gasteiger partial charge in [-0.3, -0.25) is 10.2 Å². The molecule has 3 N–H and O–H groups in total. The van der Waals surface area contributed by atoms with Gasteiger partial charge in [-0.1, -0.05) is 77.9 Å². The number of aliphatic hydroxyl groups excluding tert-OH is 1. The van der Waals surface area contributed by atoms with Crippen LogP contribution in [0.3, 0.4) is 0 Å². The van der Waals surface area contributed by atoms with E-state index in [2.05, 4.69) is 20.9 Å². The number of aliphatic imine (C=N–C) groups is 1. The van der Waals surface area contributed by atoms with Crippen LogP contribution in [-0.4, -0.2) is 35.7 Å². The molecule has 1 amide bonds. The number of halogens is 3. The lowest BCUT2D eigenvalue weighted by Gasteiger charge is -2.32. The van der Waals surface area contributed by atoms with Crippen molar-refractivity contribution in [3.63, 3.8) is 0 Å². The van der Waals surface area contributed by atoms with Crippen LogP contribution in [0.4, 0.5) is 13.2 Å². The lowest BCUT2D eigenvalue weighted by atomic mass is 9.81. The number of aliphatic hydroxyl groups is 1. The fourth-order valence-corrected chi connectivity index (χ4v) is 5.49. The number of carbonyl (C=O) groups is 1. The fraction of sp³-hybridized carbons (Fsp3) is 0.257. The van der Waals surface area contributed by atoms with Crippen molar-refractivity contribution >= 4 is 11.8 Å². The molecule has 0 unspecified atom stereocenters. The second-order valence-electron chi connectivity index (χ2n) is 11.0. The first-order valence-corrected chi connectivity index (χ1v) is 15.2. The minimum atomic E-state index is -4.57. The van der Waals surface area contributed by atoms with Crippen molar-refractivity contribution in [1.82, 2.24) is 10.9 Å². The zero-order valence-corrected chi connectivity index (χ0v) is 25.7. The maximum atomic E-state index is 14.4. The predicted octanol–water partition coefficient (Wildman–Crippen LogP) is 6.60. The van der Waals surface area contributed by atoms with E-state index < -0.39 is 29.3 Å². The highest BCUT2D eigenvalue weighted by Gasteiger charge is 2.54. The van der Waals surface area contributed by atoms with Gasteiger partial charge in [-0.25, -0.2) is 10.4 Å². The van der Waals surface area contributed by atoms with Crippen molar-refractivity contribution in [3.05, 3.63) is 147 Å². The maximum absolute atomic E-state index is 14.4. The Kier molecular flexibility index (Phi) is 11.0. The van der Waals surface area contributed by atoms with Gasteiger partial charge in [0, 0.05) is 36.5 Å². The lowest BCUT2D eigenvalue weighted by molar-refractivity contribution is -0.138. The number of amides is 1. The van der Waals surface area contributed by atoms with E-state index >= 15 is 0 Å². The van der Waals surface area contributed by atoms with E-state index in [1.807, 2.05) is 30.3 Å². The van der Waals surface area contributed by atoms with Crippen LogP contribution in [0.2, 0.25) is 0 Å². The second-order valence-corrected chi connectivity index (χ2v) is 11.0. The summed E-state index contributed by atoms with van der Waals surface area (Å²) in [7, 11) is 0. The number of alkyl halides is 3. The molecule has 10 nitrogen and oxygen atoms in total. The largest absolute Gasteiger partial charge is 0.494 e. The summed E-state index contributed by atoms with van der Waals surface area (Å²) in [5.74, 6) is 0.0890. The van der Waals surface area contributed by atoms with Crippen molar-refractivity contribution in [2.24, 2.45) is 10.1 Å². The third-order valence-corrected chi connectivity index (χ3v) is 7.79. The third-order valence-electron chi connectivity index (χ3n) is 7.79. The number of benzene rings is 4. The van der Waals surface area contributed by atoms with Crippen molar-refractivity contribution in [2.75, 3.05) is 13.2 Å². The number of carbonyl (C=O) groups excluding carboxylic acids is 1.